The smallest absolute Gasteiger partial charge is 0.131 e. The predicted octanol–water partition coefficient (Wildman–Crippen LogP) is 2.67. The quantitative estimate of drug-likeness (QED) is 0.719. The van der Waals surface area contributed by atoms with Gasteiger partial charge in [-0.2, -0.15) is 0 Å². The molecule has 3 heteroatoms. The van der Waals surface area contributed by atoms with E-state index in [9.17, 15) is 0 Å². The largest absolute Gasteiger partial charge is 0.240 e. The SMILES string of the molecule is Cc1nc(C(C)C)ncc1Br. The monoisotopic (exact) mass is 214 g/mol. The van der Waals surface area contributed by atoms with Crippen LogP contribution in [0.2, 0.25) is 0 Å². The van der Waals surface area contributed by atoms with Gasteiger partial charge in [0.1, 0.15) is 5.82 Å². The van der Waals surface area contributed by atoms with Crippen LogP contribution in [0.3, 0.4) is 0 Å². The van der Waals surface area contributed by atoms with Gasteiger partial charge in [0.2, 0.25) is 0 Å². The molecule has 0 atom stereocenters. The second kappa shape index (κ2) is 3.30. The fourth-order valence-electron chi connectivity index (χ4n) is 0.748. The summed E-state index contributed by atoms with van der Waals surface area (Å²) in [5, 5.41) is 0. The van der Waals surface area contributed by atoms with Crippen molar-refractivity contribution in [3.63, 3.8) is 0 Å². The topological polar surface area (TPSA) is 25.8 Å². The van der Waals surface area contributed by atoms with Crippen molar-refractivity contribution in [2.45, 2.75) is 26.7 Å². The summed E-state index contributed by atoms with van der Waals surface area (Å²) in [7, 11) is 0. The molecule has 0 saturated carbocycles. The van der Waals surface area contributed by atoms with E-state index in [2.05, 4.69) is 39.7 Å². The molecule has 0 aliphatic carbocycles. The number of aryl methyl sites for hydroxylation is 1. The minimum Gasteiger partial charge on any atom is -0.240 e. The van der Waals surface area contributed by atoms with Gasteiger partial charge in [-0.1, -0.05) is 13.8 Å². The first-order valence-corrected chi connectivity index (χ1v) is 4.39. The van der Waals surface area contributed by atoms with Crippen LogP contribution in [0.5, 0.6) is 0 Å². The first-order chi connectivity index (χ1) is 5.11. The zero-order valence-corrected chi connectivity index (χ0v) is 8.51. The van der Waals surface area contributed by atoms with Crippen molar-refractivity contribution in [2.24, 2.45) is 0 Å². The van der Waals surface area contributed by atoms with Gasteiger partial charge in [-0.25, -0.2) is 9.97 Å². The standard InChI is InChI=1S/C8H11BrN2/c1-5(2)8-10-4-7(9)6(3)11-8/h4-5H,1-3H3. The number of hydrogen-bond donors (Lipinski definition) is 0. The van der Waals surface area contributed by atoms with E-state index in [1.54, 1.807) is 6.20 Å². The highest BCUT2D eigenvalue weighted by molar-refractivity contribution is 9.10. The third-order valence-electron chi connectivity index (χ3n) is 1.45. The Morgan fingerprint density at radius 2 is 2.09 bits per heavy atom. The molecule has 1 aromatic heterocycles. The Labute approximate surface area is 75.2 Å². The molecule has 0 aliphatic rings. The van der Waals surface area contributed by atoms with Crippen molar-refractivity contribution in [2.75, 3.05) is 0 Å². The summed E-state index contributed by atoms with van der Waals surface area (Å²) in [6.45, 7) is 6.14. The molecule has 11 heavy (non-hydrogen) atoms. The zero-order valence-electron chi connectivity index (χ0n) is 6.93. The third kappa shape index (κ3) is 1.99. The Hall–Kier alpha value is -0.440. The molecule has 2 nitrogen and oxygen atoms in total. The highest BCUT2D eigenvalue weighted by Crippen LogP contribution is 2.15. The van der Waals surface area contributed by atoms with Crippen LogP contribution >= 0.6 is 15.9 Å². The summed E-state index contributed by atoms with van der Waals surface area (Å²) in [4.78, 5) is 8.49. The Bertz CT molecular complexity index is 258. The summed E-state index contributed by atoms with van der Waals surface area (Å²) in [5.41, 5.74) is 1.00. The molecule has 0 aromatic carbocycles. The molecule has 0 N–H and O–H groups in total. The van der Waals surface area contributed by atoms with Gasteiger partial charge in [0.25, 0.3) is 0 Å². The van der Waals surface area contributed by atoms with E-state index in [4.69, 9.17) is 0 Å². The molecule has 1 rings (SSSR count). The van der Waals surface area contributed by atoms with Crippen molar-refractivity contribution >= 4 is 15.9 Å². The highest BCUT2D eigenvalue weighted by Gasteiger charge is 2.03. The van der Waals surface area contributed by atoms with Crippen LogP contribution in [0.15, 0.2) is 10.7 Å². The van der Waals surface area contributed by atoms with Gasteiger partial charge in [0.05, 0.1) is 10.2 Å². The molecular formula is C8H11BrN2. The zero-order chi connectivity index (χ0) is 8.43. The maximum absolute atomic E-state index is 4.31. The molecule has 0 saturated heterocycles. The van der Waals surface area contributed by atoms with Crippen LogP contribution in [0.4, 0.5) is 0 Å². The maximum Gasteiger partial charge on any atom is 0.131 e. The van der Waals surface area contributed by atoms with Crippen LogP contribution in [0, 0.1) is 6.92 Å². The van der Waals surface area contributed by atoms with E-state index < -0.39 is 0 Å². The molecule has 0 amide bonds. The molecule has 0 radical (unpaired) electrons. The first-order valence-electron chi connectivity index (χ1n) is 3.60. The number of nitrogens with zero attached hydrogens (tertiary/aromatic N) is 2. The Morgan fingerprint density at radius 3 is 2.55 bits per heavy atom. The molecule has 60 valence electrons. The van der Waals surface area contributed by atoms with E-state index in [0.717, 1.165) is 16.0 Å². The van der Waals surface area contributed by atoms with E-state index in [-0.39, 0.29) is 0 Å². The summed E-state index contributed by atoms with van der Waals surface area (Å²) < 4.78 is 0.974. The minimum absolute atomic E-state index is 0.404. The van der Waals surface area contributed by atoms with Crippen LogP contribution < -0.4 is 0 Å². The lowest BCUT2D eigenvalue weighted by Gasteiger charge is -2.04. The number of aromatic nitrogens is 2. The van der Waals surface area contributed by atoms with Gasteiger partial charge in [0.15, 0.2) is 0 Å². The molecule has 0 fully saturated rings. The predicted molar refractivity (Wildman–Crippen MR) is 48.6 cm³/mol. The van der Waals surface area contributed by atoms with Gasteiger partial charge >= 0.3 is 0 Å². The summed E-state index contributed by atoms with van der Waals surface area (Å²) in [5.74, 6) is 1.31. The van der Waals surface area contributed by atoms with Gasteiger partial charge in [0, 0.05) is 12.1 Å². The van der Waals surface area contributed by atoms with Gasteiger partial charge < -0.3 is 0 Å². The summed E-state index contributed by atoms with van der Waals surface area (Å²) >= 11 is 3.35. The van der Waals surface area contributed by atoms with Crippen molar-refractivity contribution in [3.05, 3.63) is 22.2 Å². The number of hydrogen-bond acceptors (Lipinski definition) is 2. The Morgan fingerprint density at radius 1 is 1.45 bits per heavy atom. The van der Waals surface area contributed by atoms with Gasteiger partial charge in [-0.3, -0.25) is 0 Å². The van der Waals surface area contributed by atoms with Crippen LogP contribution in [-0.4, -0.2) is 9.97 Å². The minimum atomic E-state index is 0.404. The fraction of sp³-hybridized carbons (Fsp3) is 0.500. The van der Waals surface area contributed by atoms with Crippen LogP contribution in [-0.2, 0) is 0 Å². The van der Waals surface area contributed by atoms with E-state index in [1.165, 1.54) is 0 Å². The highest BCUT2D eigenvalue weighted by atomic mass is 79.9. The molecule has 0 unspecified atom stereocenters. The molecule has 0 aliphatic heterocycles. The Balaban J connectivity index is 3.05. The van der Waals surface area contributed by atoms with E-state index >= 15 is 0 Å². The molecule has 1 heterocycles. The lowest BCUT2D eigenvalue weighted by Crippen LogP contribution is -1.98. The average Bonchev–Trinajstić information content (AvgIpc) is 1.94. The summed E-state index contributed by atoms with van der Waals surface area (Å²) in [6, 6.07) is 0. The lowest BCUT2D eigenvalue weighted by atomic mass is 10.2. The molecule has 0 spiro atoms. The average molecular weight is 215 g/mol. The molecule has 0 bridgehead atoms. The van der Waals surface area contributed by atoms with Gasteiger partial charge in [-0.05, 0) is 22.9 Å². The molecule has 1 aromatic rings. The van der Waals surface area contributed by atoms with Crippen molar-refractivity contribution in [1.29, 1.82) is 0 Å². The van der Waals surface area contributed by atoms with Crippen molar-refractivity contribution in [3.8, 4) is 0 Å². The van der Waals surface area contributed by atoms with Gasteiger partial charge in [-0.15, -0.1) is 0 Å². The number of rotatable bonds is 1. The summed E-state index contributed by atoms with van der Waals surface area (Å²) in [6.07, 6.45) is 1.80. The Kier molecular flexibility index (Phi) is 2.60. The van der Waals surface area contributed by atoms with Crippen molar-refractivity contribution in [1.82, 2.24) is 9.97 Å². The van der Waals surface area contributed by atoms with Crippen molar-refractivity contribution < 1.29 is 0 Å². The van der Waals surface area contributed by atoms with E-state index in [0.29, 0.717) is 5.92 Å². The fourth-order valence-corrected chi connectivity index (χ4v) is 0.940. The van der Waals surface area contributed by atoms with E-state index in [1.807, 2.05) is 6.92 Å². The third-order valence-corrected chi connectivity index (χ3v) is 2.23. The molecular weight excluding hydrogens is 204 g/mol. The first kappa shape index (κ1) is 8.65. The van der Waals surface area contributed by atoms with Crippen LogP contribution in [0.25, 0.3) is 0 Å². The maximum atomic E-state index is 4.31. The number of halogens is 1. The normalized spacial score (nSPS) is 10.6. The van der Waals surface area contributed by atoms with Crippen LogP contribution in [0.1, 0.15) is 31.3 Å². The lowest BCUT2D eigenvalue weighted by molar-refractivity contribution is 0.764. The second-order valence-corrected chi connectivity index (χ2v) is 3.67. The second-order valence-electron chi connectivity index (χ2n) is 2.82.